The number of aromatic nitrogens is 2. The number of hydrogen-bond acceptors (Lipinski definition) is 5. The molecule has 0 fully saturated rings. The van der Waals surface area contributed by atoms with Gasteiger partial charge in [-0.25, -0.2) is 9.97 Å². The molecule has 0 radical (unpaired) electrons. The minimum absolute atomic E-state index is 1.01. The van der Waals surface area contributed by atoms with Crippen molar-refractivity contribution < 1.29 is 0 Å². The summed E-state index contributed by atoms with van der Waals surface area (Å²) in [6, 6.07) is 40.3. The van der Waals surface area contributed by atoms with Crippen molar-refractivity contribution in [3.8, 4) is 21.1 Å². The molecule has 1 atom stereocenters. The van der Waals surface area contributed by atoms with Gasteiger partial charge in [0.1, 0.15) is 21.0 Å². The largest absolute Gasteiger partial charge is 0.540 e. The lowest BCUT2D eigenvalue weighted by atomic mass is 10.0. The van der Waals surface area contributed by atoms with Gasteiger partial charge in [0.2, 0.25) is 0 Å². The SMILES string of the molecule is Cc1sc(-c2ccccc2)nc1C1=C(c2nc(-c3ccccc3)sc2C)[P+]([S-])(c2ccccc2)c2ccccc21. The first-order valence-electron chi connectivity index (χ1n) is 13.1. The molecule has 6 heteroatoms. The van der Waals surface area contributed by atoms with E-state index in [0.29, 0.717) is 0 Å². The van der Waals surface area contributed by atoms with Crippen LogP contribution in [0.4, 0.5) is 0 Å². The molecule has 7 rings (SSSR count). The normalized spacial score (nSPS) is 16.4. The molecule has 0 spiro atoms. The number of fused-ring (bicyclic) bond motifs is 1. The van der Waals surface area contributed by atoms with Gasteiger partial charge in [0.15, 0.2) is 0 Å². The summed E-state index contributed by atoms with van der Waals surface area (Å²) in [6.07, 6.45) is 0. The second kappa shape index (κ2) is 10.2. The minimum atomic E-state index is -2.43. The van der Waals surface area contributed by atoms with E-state index in [1.807, 2.05) is 12.1 Å². The lowest BCUT2D eigenvalue weighted by Gasteiger charge is -2.31. The van der Waals surface area contributed by atoms with Gasteiger partial charge in [0.25, 0.3) is 0 Å². The lowest BCUT2D eigenvalue weighted by molar-refractivity contribution is 1.30. The van der Waals surface area contributed by atoms with E-state index in [4.69, 9.17) is 22.2 Å². The van der Waals surface area contributed by atoms with Crippen molar-refractivity contribution in [3.05, 3.63) is 142 Å². The molecule has 4 aromatic carbocycles. The zero-order valence-electron chi connectivity index (χ0n) is 22.0. The highest BCUT2D eigenvalue weighted by molar-refractivity contribution is 8.52. The van der Waals surface area contributed by atoms with Crippen LogP contribution in [0.5, 0.6) is 0 Å². The van der Waals surface area contributed by atoms with E-state index in [1.54, 1.807) is 22.7 Å². The van der Waals surface area contributed by atoms with Gasteiger partial charge in [-0.1, -0.05) is 97.1 Å². The van der Waals surface area contributed by atoms with Crippen LogP contribution < -0.4 is 10.6 Å². The summed E-state index contributed by atoms with van der Waals surface area (Å²) in [7, 11) is 0. The van der Waals surface area contributed by atoms with E-state index < -0.39 is 6.46 Å². The van der Waals surface area contributed by atoms with E-state index in [1.165, 1.54) is 31.2 Å². The van der Waals surface area contributed by atoms with E-state index in [9.17, 15) is 0 Å². The smallest absolute Gasteiger partial charge is 0.124 e. The average Bonchev–Trinajstić information content (AvgIpc) is 3.66. The van der Waals surface area contributed by atoms with Crippen LogP contribution in [0, 0.1) is 13.8 Å². The maximum absolute atomic E-state index is 6.89. The Bertz CT molecular complexity index is 1870. The second-order valence-corrected chi connectivity index (χ2v) is 16.5. The zero-order valence-corrected chi connectivity index (χ0v) is 25.4. The van der Waals surface area contributed by atoms with E-state index in [0.717, 1.165) is 38.1 Å². The molecule has 0 saturated heterocycles. The van der Waals surface area contributed by atoms with Crippen molar-refractivity contribution in [2.24, 2.45) is 0 Å². The number of thiazole rings is 2. The molecule has 3 heterocycles. The topological polar surface area (TPSA) is 25.8 Å². The lowest BCUT2D eigenvalue weighted by Crippen LogP contribution is -2.19. The molecule has 0 bridgehead atoms. The van der Waals surface area contributed by atoms with Crippen LogP contribution in [-0.4, -0.2) is 9.97 Å². The van der Waals surface area contributed by atoms with Crippen LogP contribution in [0.2, 0.25) is 0 Å². The molecule has 1 unspecified atom stereocenters. The summed E-state index contributed by atoms with van der Waals surface area (Å²) < 4.78 is 0. The molecule has 0 aliphatic carbocycles. The summed E-state index contributed by atoms with van der Waals surface area (Å²) >= 11 is 10.4. The summed E-state index contributed by atoms with van der Waals surface area (Å²) in [5.74, 6) is 0. The molecular weight excluding hydrogens is 564 g/mol. The number of benzene rings is 4. The zero-order chi connectivity index (χ0) is 27.3. The van der Waals surface area contributed by atoms with E-state index >= 15 is 0 Å². The standard InChI is InChI=1S/C34H25N2PS3/c1-22-30(35-33(39-22)24-14-6-3-7-15-24)29-27-20-12-13-21-28(27)37(38,26-18-10-5-11-19-26)32(29)31-23(2)40-34(36-31)25-16-8-4-9-17-25/h3-21H,1-2H3. The molecule has 1 aliphatic heterocycles. The molecule has 194 valence electrons. The third-order valence-corrected chi connectivity index (χ3v) is 14.2. The second-order valence-electron chi connectivity index (χ2n) is 9.77. The Hall–Kier alpha value is -3.34. The Morgan fingerprint density at radius 1 is 0.575 bits per heavy atom. The van der Waals surface area contributed by atoms with Crippen molar-refractivity contribution in [1.29, 1.82) is 0 Å². The molecule has 6 aromatic rings. The highest BCUT2D eigenvalue weighted by atomic mass is 32.7. The average molecular weight is 589 g/mol. The van der Waals surface area contributed by atoms with Crippen molar-refractivity contribution in [2.45, 2.75) is 13.8 Å². The van der Waals surface area contributed by atoms with Crippen molar-refractivity contribution >= 4 is 62.9 Å². The van der Waals surface area contributed by atoms with Gasteiger partial charge in [-0.05, 0) is 38.5 Å². The Morgan fingerprint density at radius 2 is 1.05 bits per heavy atom. The molecule has 0 saturated carbocycles. The summed E-state index contributed by atoms with van der Waals surface area (Å²) in [5, 5.41) is 5.62. The molecule has 0 amide bonds. The van der Waals surface area contributed by atoms with Crippen LogP contribution in [0.15, 0.2) is 115 Å². The number of aryl methyl sites for hydroxylation is 2. The Balaban J connectivity index is 1.55. The fourth-order valence-corrected chi connectivity index (χ4v) is 12.0. The van der Waals surface area contributed by atoms with Crippen LogP contribution in [0.3, 0.4) is 0 Å². The van der Waals surface area contributed by atoms with E-state index in [2.05, 4.69) is 117 Å². The summed E-state index contributed by atoms with van der Waals surface area (Å²) in [5.41, 5.74) is 6.62. The predicted molar refractivity (Wildman–Crippen MR) is 177 cm³/mol. The third-order valence-electron chi connectivity index (χ3n) is 7.28. The van der Waals surface area contributed by atoms with Gasteiger partial charge in [-0.3, -0.25) is 0 Å². The summed E-state index contributed by atoms with van der Waals surface area (Å²) in [6.45, 7) is 1.93. The van der Waals surface area contributed by atoms with E-state index in [-0.39, 0.29) is 0 Å². The first-order valence-corrected chi connectivity index (χ1v) is 17.6. The van der Waals surface area contributed by atoms with Crippen LogP contribution >= 0.6 is 29.1 Å². The van der Waals surface area contributed by atoms with Crippen LogP contribution in [-0.2, 0) is 12.2 Å². The Kier molecular flexibility index (Phi) is 6.56. The fraction of sp³-hybridized carbons (Fsp3) is 0.0588. The van der Waals surface area contributed by atoms with Gasteiger partial charge in [0, 0.05) is 26.4 Å². The quantitative estimate of drug-likeness (QED) is 0.149. The van der Waals surface area contributed by atoms with Crippen LogP contribution in [0.1, 0.15) is 26.7 Å². The minimum Gasteiger partial charge on any atom is -0.540 e. The third kappa shape index (κ3) is 4.12. The number of hydrogen-bond donors (Lipinski definition) is 0. The Morgan fingerprint density at radius 3 is 1.65 bits per heavy atom. The van der Waals surface area contributed by atoms with Gasteiger partial charge in [-0.15, -0.1) is 22.7 Å². The van der Waals surface area contributed by atoms with Crippen molar-refractivity contribution in [1.82, 2.24) is 9.97 Å². The number of nitrogens with zero attached hydrogens (tertiary/aromatic N) is 2. The maximum atomic E-state index is 6.89. The predicted octanol–water partition coefficient (Wildman–Crippen LogP) is 8.91. The Labute approximate surface area is 248 Å². The highest BCUT2D eigenvalue weighted by Crippen LogP contribution is 2.73. The van der Waals surface area contributed by atoms with Gasteiger partial charge in [0.05, 0.1) is 21.9 Å². The monoisotopic (exact) mass is 588 g/mol. The number of rotatable bonds is 5. The first-order chi connectivity index (χ1) is 19.6. The van der Waals surface area contributed by atoms with Crippen molar-refractivity contribution in [2.75, 3.05) is 0 Å². The summed E-state index contributed by atoms with van der Waals surface area (Å²) in [4.78, 5) is 13.0. The fourth-order valence-electron chi connectivity index (χ4n) is 5.43. The molecule has 40 heavy (non-hydrogen) atoms. The maximum Gasteiger partial charge on any atom is 0.124 e. The van der Waals surface area contributed by atoms with Crippen LogP contribution in [0.25, 0.3) is 32.0 Å². The highest BCUT2D eigenvalue weighted by Gasteiger charge is 2.48. The van der Waals surface area contributed by atoms with Crippen molar-refractivity contribution in [3.63, 3.8) is 0 Å². The molecule has 0 N–H and O–H groups in total. The molecular formula is C34H25N2PS3. The molecule has 2 aromatic heterocycles. The van der Waals surface area contributed by atoms with Gasteiger partial charge < -0.3 is 12.2 Å². The molecule has 1 aliphatic rings. The van der Waals surface area contributed by atoms with Gasteiger partial charge >= 0.3 is 0 Å². The van der Waals surface area contributed by atoms with Gasteiger partial charge in [-0.2, -0.15) is 0 Å². The first kappa shape index (κ1) is 25.6. The molecule has 2 nitrogen and oxygen atoms in total.